The van der Waals surface area contributed by atoms with Gasteiger partial charge in [0, 0.05) is 18.5 Å². The fraction of sp³-hybridized carbons (Fsp3) is 0.211. The van der Waals surface area contributed by atoms with Gasteiger partial charge in [-0.15, -0.1) is 0 Å². The number of imidazole rings is 1. The van der Waals surface area contributed by atoms with Crippen molar-refractivity contribution >= 4 is 27.8 Å². The Labute approximate surface area is 144 Å². The first-order chi connectivity index (χ1) is 12.2. The lowest BCUT2D eigenvalue weighted by atomic mass is 10.2. The number of hydrogen-bond donors (Lipinski definition) is 2. The number of nitrogens with one attached hydrogen (secondary N) is 2. The molecule has 1 amide bonds. The van der Waals surface area contributed by atoms with Gasteiger partial charge in [-0.2, -0.15) is 5.10 Å². The van der Waals surface area contributed by atoms with Crippen molar-refractivity contribution in [1.29, 1.82) is 0 Å². The third-order valence-electron chi connectivity index (χ3n) is 4.37. The molecule has 126 valence electrons. The number of aryl methyl sites for hydroxylation is 2. The quantitative estimate of drug-likeness (QED) is 0.551. The largest absolute Gasteiger partial charge is 0.351 e. The zero-order valence-electron chi connectivity index (χ0n) is 14.0. The number of aromatic nitrogens is 4. The number of para-hydroxylation sites is 3. The van der Waals surface area contributed by atoms with E-state index in [9.17, 15) is 4.79 Å². The molecule has 2 N–H and O–H groups in total. The van der Waals surface area contributed by atoms with Gasteiger partial charge in [0.1, 0.15) is 5.82 Å². The van der Waals surface area contributed by atoms with E-state index in [0.717, 1.165) is 40.7 Å². The van der Waals surface area contributed by atoms with Crippen LogP contribution in [0.25, 0.3) is 21.9 Å². The summed E-state index contributed by atoms with van der Waals surface area (Å²) in [7, 11) is 0. The molecule has 0 radical (unpaired) electrons. The van der Waals surface area contributed by atoms with Crippen molar-refractivity contribution in [3.05, 3.63) is 60.0 Å². The molecule has 25 heavy (non-hydrogen) atoms. The first-order valence-electron chi connectivity index (χ1n) is 8.37. The average Bonchev–Trinajstić information content (AvgIpc) is 3.19. The van der Waals surface area contributed by atoms with Gasteiger partial charge in [0.05, 0.1) is 16.6 Å². The van der Waals surface area contributed by atoms with Crippen LogP contribution >= 0.6 is 0 Å². The van der Waals surface area contributed by atoms with E-state index in [4.69, 9.17) is 0 Å². The normalized spacial score (nSPS) is 11.2. The number of nitrogens with zero attached hydrogens (tertiary/aromatic N) is 3. The number of aromatic amines is 1. The number of rotatable bonds is 5. The molecule has 6 heteroatoms. The maximum Gasteiger partial charge on any atom is 0.272 e. The molecule has 0 unspecified atom stereocenters. The lowest BCUT2D eigenvalue weighted by Crippen LogP contribution is -2.25. The zero-order valence-corrected chi connectivity index (χ0v) is 14.0. The molecule has 4 aromatic rings. The summed E-state index contributed by atoms with van der Waals surface area (Å²) in [6.07, 6.45) is 0.829. The molecular formula is C19H19N5O. The molecule has 0 fully saturated rings. The molecule has 0 bridgehead atoms. The Hall–Kier alpha value is -3.15. The highest BCUT2D eigenvalue weighted by atomic mass is 16.1. The Kier molecular flexibility index (Phi) is 3.93. The fourth-order valence-electron chi connectivity index (χ4n) is 3.14. The average molecular weight is 333 g/mol. The van der Waals surface area contributed by atoms with E-state index in [-0.39, 0.29) is 5.91 Å². The summed E-state index contributed by atoms with van der Waals surface area (Å²) < 4.78 is 2.19. The molecule has 0 atom stereocenters. The first-order valence-corrected chi connectivity index (χ1v) is 8.37. The van der Waals surface area contributed by atoms with Gasteiger partial charge in [0.2, 0.25) is 0 Å². The van der Waals surface area contributed by atoms with Crippen LogP contribution in [0.4, 0.5) is 0 Å². The van der Waals surface area contributed by atoms with Gasteiger partial charge in [-0.1, -0.05) is 30.3 Å². The third-order valence-corrected chi connectivity index (χ3v) is 4.37. The fourth-order valence-corrected chi connectivity index (χ4v) is 3.14. The lowest BCUT2D eigenvalue weighted by Gasteiger charge is -2.07. The molecule has 2 aromatic carbocycles. The van der Waals surface area contributed by atoms with Crippen LogP contribution in [0.3, 0.4) is 0 Å². The number of H-pyrrole nitrogens is 1. The highest BCUT2D eigenvalue weighted by Gasteiger charge is 2.13. The highest BCUT2D eigenvalue weighted by Crippen LogP contribution is 2.16. The van der Waals surface area contributed by atoms with Crippen molar-refractivity contribution in [3.8, 4) is 0 Å². The maximum atomic E-state index is 12.3. The van der Waals surface area contributed by atoms with Gasteiger partial charge in [0.15, 0.2) is 5.69 Å². The predicted molar refractivity (Wildman–Crippen MR) is 97.5 cm³/mol. The first kappa shape index (κ1) is 15.4. The molecule has 0 aliphatic rings. The molecule has 2 aromatic heterocycles. The SMILES string of the molecule is Cc1nc2ccccc2n1CCCNC(=O)c1n[nH]c2ccccc12. The highest BCUT2D eigenvalue weighted by molar-refractivity contribution is 6.04. The zero-order chi connectivity index (χ0) is 17.2. The van der Waals surface area contributed by atoms with E-state index in [1.807, 2.05) is 49.4 Å². The van der Waals surface area contributed by atoms with Gasteiger partial charge in [-0.3, -0.25) is 9.89 Å². The second-order valence-electron chi connectivity index (χ2n) is 6.03. The molecule has 2 heterocycles. The van der Waals surface area contributed by atoms with E-state index >= 15 is 0 Å². The summed E-state index contributed by atoms with van der Waals surface area (Å²) in [6.45, 7) is 3.41. The monoisotopic (exact) mass is 333 g/mol. The van der Waals surface area contributed by atoms with Crippen LogP contribution in [-0.4, -0.2) is 32.2 Å². The molecule has 4 rings (SSSR count). The summed E-state index contributed by atoms with van der Waals surface area (Å²) in [4.78, 5) is 16.9. The van der Waals surface area contributed by atoms with Crippen LogP contribution in [0.1, 0.15) is 22.7 Å². The minimum atomic E-state index is -0.148. The van der Waals surface area contributed by atoms with E-state index < -0.39 is 0 Å². The van der Waals surface area contributed by atoms with E-state index in [0.29, 0.717) is 12.2 Å². The summed E-state index contributed by atoms with van der Waals surface area (Å²) >= 11 is 0. The summed E-state index contributed by atoms with van der Waals surface area (Å²) in [6, 6.07) is 15.7. The van der Waals surface area contributed by atoms with Crippen molar-refractivity contribution in [1.82, 2.24) is 25.1 Å². The number of hydrogen-bond acceptors (Lipinski definition) is 3. The Morgan fingerprint density at radius 3 is 2.88 bits per heavy atom. The van der Waals surface area contributed by atoms with Crippen molar-refractivity contribution in [2.75, 3.05) is 6.54 Å². The predicted octanol–water partition coefficient (Wildman–Crippen LogP) is 3.04. The van der Waals surface area contributed by atoms with E-state index in [1.165, 1.54) is 0 Å². The third kappa shape index (κ3) is 2.87. The lowest BCUT2D eigenvalue weighted by molar-refractivity contribution is 0.0949. The van der Waals surface area contributed by atoms with Crippen LogP contribution < -0.4 is 5.32 Å². The molecule has 0 saturated carbocycles. The molecular weight excluding hydrogens is 314 g/mol. The van der Waals surface area contributed by atoms with Gasteiger partial charge in [0.25, 0.3) is 5.91 Å². The van der Waals surface area contributed by atoms with Crippen molar-refractivity contribution in [2.45, 2.75) is 19.9 Å². The van der Waals surface area contributed by atoms with Crippen LogP contribution in [0.5, 0.6) is 0 Å². The van der Waals surface area contributed by atoms with Gasteiger partial charge in [-0.05, 0) is 31.5 Å². The Balaban J connectivity index is 1.39. The number of fused-ring (bicyclic) bond motifs is 2. The van der Waals surface area contributed by atoms with Crippen LogP contribution in [0.2, 0.25) is 0 Å². The minimum Gasteiger partial charge on any atom is -0.351 e. The second kappa shape index (κ2) is 6.39. The molecule has 6 nitrogen and oxygen atoms in total. The van der Waals surface area contributed by atoms with Crippen molar-refractivity contribution < 1.29 is 4.79 Å². The number of benzene rings is 2. The van der Waals surface area contributed by atoms with Gasteiger partial charge in [-0.25, -0.2) is 4.98 Å². The molecule has 0 aliphatic carbocycles. The van der Waals surface area contributed by atoms with Crippen LogP contribution in [0, 0.1) is 6.92 Å². The summed E-state index contributed by atoms with van der Waals surface area (Å²) in [5.74, 6) is 0.843. The summed E-state index contributed by atoms with van der Waals surface area (Å²) in [5.41, 5.74) is 3.45. The topological polar surface area (TPSA) is 75.6 Å². The van der Waals surface area contributed by atoms with Crippen LogP contribution in [-0.2, 0) is 6.54 Å². The molecule has 0 aliphatic heterocycles. The van der Waals surface area contributed by atoms with Crippen molar-refractivity contribution in [2.24, 2.45) is 0 Å². The Morgan fingerprint density at radius 1 is 1.16 bits per heavy atom. The number of amides is 1. The van der Waals surface area contributed by atoms with E-state index in [1.54, 1.807) is 0 Å². The standard InChI is InChI=1S/C19H19N5O/c1-13-21-16-9-4-5-10-17(16)24(13)12-6-11-20-19(25)18-14-7-2-3-8-15(14)22-23-18/h2-5,7-10H,6,11-12H2,1H3,(H,20,25)(H,22,23). The Morgan fingerprint density at radius 2 is 1.96 bits per heavy atom. The molecule has 0 spiro atoms. The van der Waals surface area contributed by atoms with Gasteiger partial charge < -0.3 is 9.88 Å². The Bertz CT molecular complexity index is 1050. The molecule has 0 saturated heterocycles. The van der Waals surface area contributed by atoms with E-state index in [2.05, 4.69) is 31.1 Å². The minimum absolute atomic E-state index is 0.148. The second-order valence-corrected chi connectivity index (χ2v) is 6.03. The van der Waals surface area contributed by atoms with Crippen molar-refractivity contribution in [3.63, 3.8) is 0 Å². The number of carbonyl (C=O) groups excluding carboxylic acids is 1. The summed E-state index contributed by atoms with van der Waals surface area (Å²) in [5, 5.41) is 10.8. The van der Waals surface area contributed by atoms with Crippen LogP contribution in [0.15, 0.2) is 48.5 Å². The number of carbonyl (C=O) groups is 1. The smallest absolute Gasteiger partial charge is 0.272 e. The van der Waals surface area contributed by atoms with Gasteiger partial charge >= 0.3 is 0 Å². The maximum absolute atomic E-state index is 12.3.